The van der Waals surface area contributed by atoms with Gasteiger partial charge in [-0.2, -0.15) is 0 Å². The predicted molar refractivity (Wildman–Crippen MR) is 112 cm³/mol. The Morgan fingerprint density at radius 2 is 1.93 bits per heavy atom. The zero-order chi connectivity index (χ0) is 21.0. The van der Waals surface area contributed by atoms with E-state index in [2.05, 4.69) is 9.88 Å². The number of nitrogens with one attached hydrogen (secondary N) is 1. The molecule has 29 heavy (non-hydrogen) atoms. The van der Waals surface area contributed by atoms with Gasteiger partial charge in [0.25, 0.3) is 5.56 Å². The summed E-state index contributed by atoms with van der Waals surface area (Å²) in [6, 6.07) is 5.25. The number of hydrogen-bond acceptors (Lipinski definition) is 5. The molecule has 2 heterocycles. The van der Waals surface area contributed by atoms with Crippen LogP contribution >= 0.6 is 23.2 Å². The number of ether oxygens (including phenoxy) is 1. The standard InChI is InChI=1S/C20H23Cl2N3O4/c1-2-29-20(28)25-7-5-24(6-8-25)12-16-14(11-23-19(27)18(16)26)9-13-3-4-15(21)10-17(13)22/h3-4,10-11,26H,2,5-9,12H2,1H3,(H,23,27). The number of hydrogen-bond donors (Lipinski definition) is 2. The second-order valence-corrected chi connectivity index (χ2v) is 7.69. The minimum atomic E-state index is -0.531. The molecule has 7 nitrogen and oxygen atoms in total. The fourth-order valence-corrected chi connectivity index (χ4v) is 3.80. The van der Waals surface area contributed by atoms with Crippen LogP contribution in [0.5, 0.6) is 5.75 Å². The first-order chi connectivity index (χ1) is 13.9. The number of pyridine rings is 1. The molecule has 9 heteroatoms. The van der Waals surface area contributed by atoms with E-state index in [1.165, 1.54) is 0 Å². The number of piperazine rings is 1. The van der Waals surface area contributed by atoms with Crippen LogP contribution in [0.15, 0.2) is 29.2 Å². The largest absolute Gasteiger partial charge is 0.503 e. The Hall–Kier alpha value is -2.22. The lowest BCUT2D eigenvalue weighted by Gasteiger charge is -2.34. The summed E-state index contributed by atoms with van der Waals surface area (Å²) in [6.07, 6.45) is 1.74. The Kier molecular flexibility index (Phi) is 7.05. The molecule has 0 aliphatic carbocycles. The lowest BCUT2D eigenvalue weighted by molar-refractivity contribution is 0.0775. The van der Waals surface area contributed by atoms with Crippen molar-refractivity contribution < 1.29 is 14.6 Å². The van der Waals surface area contributed by atoms with Crippen molar-refractivity contribution in [1.29, 1.82) is 0 Å². The van der Waals surface area contributed by atoms with Gasteiger partial charge in [0.2, 0.25) is 0 Å². The summed E-state index contributed by atoms with van der Waals surface area (Å²) >= 11 is 12.3. The van der Waals surface area contributed by atoms with E-state index in [-0.39, 0.29) is 11.8 Å². The fraction of sp³-hybridized carbons (Fsp3) is 0.400. The topological polar surface area (TPSA) is 85.9 Å². The molecule has 1 aliphatic heterocycles. The molecule has 0 radical (unpaired) electrons. The van der Waals surface area contributed by atoms with Gasteiger partial charge in [0, 0.05) is 61.0 Å². The number of rotatable bonds is 5. The average molecular weight is 440 g/mol. The number of carbonyl (C=O) groups excluding carboxylic acids is 1. The Bertz CT molecular complexity index is 940. The van der Waals surface area contributed by atoms with Crippen molar-refractivity contribution in [2.45, 2.75) is 19.9 Å². The molecule has 0 atom stereocenters. The van der Waals surface area contributed by atoms with Crippen LogP contribution in [0.4, 0.5) is 4.79 Å². The van der Waals surface area contributed by atoms with Crippen LogP contribution in [0.1, 0.15) is 23.6 Å². The molecule has 2 aromatic rings. The highest BCUT2D eigenvalue weighted by Crippen LogP contribution is 2.27. The van der Waals surface area contributed by atoms with Crippen molar-refractivity contribution in [3.8, 4) is 5.75 Å². The highest BCUT2D eigenvalue weighted by atomic mass is 35.5. The Labute approximate surface area is 178 Å². The molecule has 1 aromatic heterocycles. The lowest BCUT2D eigenvalue weighted by atomic mass is 10.0. The summed E-state index contributed by atoms with van der Waals surface area (Å²) in [5.74, 6) is -0.291. The van der Waals surface area contributed by atoms with Crippen LogP contribution in [0.25, 0.3) is 0 Å². The van der Waals surface area contributed by atoms with Crippen molar-refractivity contribution in [2.24, 2.45) is 0 Å². The molecule has 1 aliphatic rings. The third-order valence-electron chi connectivity index (χ3n) is 4.94. The number of aromatic hydroxyl groups is 1. The van der Waals surface area contributed by atoms with E-state index in [9.17, 15) is 14.7 Å². The average Bonchev–Trinajstić information content (AvgIpc) is 2.70. The first-order valence-electron chi connectivity index (χ1n) is 9.39. The SMILES string of the molecule is CCOC(=O)N1CCN(Cc2c(Cc3ccc(Cl)cc3Cl)c[nH]c(=O)c2O)CC1. The summed E-state index contributed by atoms with van der Waals surface area (Å²) in [7, 11) is 0. The molecule has 0 spiro atoms. The summed E-state index contributed by atoms with van der Waals surface area (Å²) in [5.41, 5.74) is 1.65. The molecule has 1 aromatic carbocycles. The molecular formula is C20H23Cl2N3O4. The van der Waals surface area contributed by atoms with Gasteiger partial charge in [-0.05, 0) is 30.2 Å². The molecule has 0 unspecified atom stereocenters. The quantitative estimate of drug-likeness (QED) is 0.746. The van der Waals surface area contributed by atoms with Crippen LogP contribution in [-0.2, 0) is 17.7 Å². The monoisotopic (exact) mass is 439 g/mol. The zero-order valence-corrected chi connectivity index (χ0v) is 17.6. The van der Waals surface area contributed by atoms with E-state index in [0.717, 1.165) is 11.1 Å². The van der Waals surface area contributed by atoms with E-state index in [1.807, 2.05) is 6.07 Å². The van der Waals surface area contributed by atoms with E-state index in [0.29, 0.717) is 61.4 Å². The number of carbonyl (C=O) groups is 1. The molecule has 0 saturated carbocycles. The summed E-state index contributed by atoms with van der Waals surface area (Å²) < 4.78 is 5.04. The van der Waals surface area contributed by atoms with Gasteiger partial charge in [0.1, 0.15) is 0 Å². The van der Waals surface area contributed by atoms with Crippen LogP contribution in [0.2, 0.25) is 10.0 Å². The third-order valence-corrected chi connectivity index (χ3v) is 5.53. The molecule has 2 N–H and O–H groups in total. The van der Waals surface area contributed by atoms with Gasteiger partial charge in [-0.15, -0.1) is 0 Å². The second-order valence-electron chi connectivity index (χ2n) is 6.84. The lowest BCUT2D eigenvalue weighted by Crippen LogP contribution is -2.48. The molecule has 1 saturated heterocycles. The van der Waals surface area contributed by atoms with Gasteiger partial charge in [0.15, 0.2) is 5.75 Å². The maximum atomic E-state index is 12.0. The highest BCUT2D eigenvalue weighted by molar-refractivity contribution is 6.35. The normalized spacial score (nSPS) is 14.8. The zero-order valence-electron chi connectivity index (χ0n) is 16.1. The van der Waals surface area contributed by atoms with Crippen molar-refractivity contribution in [3.05, 3.63) is 61.5 Å². The van der Waals surface area contributed by atoms with Gasteiger partial charge < -0.3 is 19.7 Å². The smallest absolute Gasteiger partial charge is 0.409 e. The molecule has 3 rings (SSSR count). The maximum absolute atomic E-state index is 12.0. The highest BCUT2D eigenvalue weighted by Gasteiger charge is 2.24. The maximum Gasteiger partial charge on any atom is 0.409 e. The number of amides is 1. The first-order valence-corrected chi connectivity index (χ1v) is 10.1. The van der Waals surface area contributed by atoms with Gasteiger partial charge in [-0.3, -0.25) is 9.69 Å². The van der Waals surface area contributed by atoms with Crippen molar-refractivity contribution in [2.75, 3.05) is 32.8 Å². The third kappa shape index (κ3) is 5.23. The molecule has 1 amide bonds. The van der Waals surface area contributed by atoms with Crippen LogP contribution in [0.3, 0.4) is 0 Å². The number of nitrogens with zero attached hydrogens (tertiary/aromatic N) is 2. The number of benzene rings is 1. The van der Waals surface area contributed by atoms with Gasteiger partial charge >= 0.3 is 6.09 Å². The Morgan fingerprint density at radius 3 is 2.59 bits per heavy atom. The Morgan fingerprint density at radius 1 is 1.21 bits per heavy atom. The number of H-pyrrole nitrogens is 1. The number of halogens is 2. The van der Waals surface area contributed by atoms with Crippen LogP contribution in [-0.4, -0.2) is 58.8 Å². The predicted octanol–water partition coefficient (Wildman–Crippen LogP) is 3.25. The van der Waals surface area contributed by atoms with Crippen molar-refractivity contribution in [3.63, 3.8) is 0 Å². The van der Waals surface area contributed by atoms with E-state index < -0.39 is 5.56 Å². The number of aromatic amines is 1. The molecule has 156 valence electrons. The summed E-state index contributed by atoms with van der Waals surface area (Å²) in [4.78, 5) is 30.2. The van der Waals surface area contributed by atoms with Gasteiger partial charge in [-0.25, -0.2) is 4.79 Å². The van der Waals surface area contributed by atoms with Crippen LogP contribution < -0.4 is 5.56 Å². The second kappa shape index (κ2) is 9.52. The summed E-state index contributed by atoms with van der Waals surface area (Å²) in [5, 5.41) is 11.5. The molecule has 0 bridgehead atoms. The van der Waals surface area contributed by atoms with Gasteiger partial charge in [-0.1, -0.05) is 29.3 Å². The summed E-state index contributed by atoms with van der Waals surface area (Å²) in [6.45, 7) is 4.81. The molecular weight excluding hydrogens is 417 g/mol. The molecule has 1 fully saturated rings. The Balaban J connectivity index is 1.76. The van der Waals surface area contributed by atoms with Crippen LogP contribution in [0, 0.1) is 0 Å². The van der Waals surface area contributed by atoms with Crippen molar-refractivity contribution >= 4 is 29.3 Å². The van der Waals surface area contributed by atoms with E-state index in [1.54, 1.807) is 30.2 Å². The van der Waals surface area contributed by atoms with Gasteiger partial charge in [0.05, 0.1) is 6.61 Å². The minimum absolute atomic E-state index is 0.291. The van der Waals surface area contributed by atoms with E-state index >= 15 is 0 Å². The number of aromatic nitrogens is 1. The van der Waals surface area contributed by atoms with E-state index in [4.69, 9.17) is 27.9 Å². The van der Waals surface area contributed by atoms with Crippen molar-refractivity contribution in [1.82, 2.24) is 14.8 Å². The first kappa shape index (κ1) is 21.5. The minimum Gasteiger partial charge on any atom is -0.503 e. The fourth-order valence-electron chi connectivity index (χ4n) is 3.33.